The summed E-state index contributed by atoms with van der Waals surface area (Å²) in [5, 5.41) is 13.1. The number of hydrogen-bond acceptors (Lipinski definition) is 2. The molecule has 1 rings (SSSR count). The first kappa shape index (κ1) is 14.0. The minimum Gasteiger partial charge on any atom is -0.396 e. The summed E-state index contributed by atoms with van der Waals surface area (Å²) < 4.78 is 0. The van der Waals surface area contributed by atoms with Crippen LogP contribution in [-0.2, 0) is 0 Å². The number of nitrogens with one attached hydrogen (secondary N) is 1. The fourth-order valence-electron chi connectivity index (χ4n) is 2.85. The fourth-order valence-corrected chi connectivity index (χ4v) is 2.85. The van der Waals surface area contributed by atoms with Gasteiger partial charge in [0.2, 0.25) is 0 Å². The molecule has 3 atom stereocenters. The molecule has 0 bridgehead atoms. The highest BCUT2D eigenvalue weighted by atomic mass is 16.3. The molecule has 16 heavy (non-hydrogen) atoms. The Bertz CT molecular complexity index is 197. The molecule has 2 heteroatoms. The molecule has 96 valence electrons. The maximum atomic E-state index is 9.50. The second-order valence-electron chi connectivity index (χ2n) is 6.38. The van der Waals surface area contributed by atoms with Crippen LogP contribution in [0.15, 0.2) is 0 Å². The highest BCUT2D eigenvalue weighted by molar-refractivity contribution is 4.88. The smallest absolute Gasteiger partial charge is 0.0474 e. The van der Waals surface area contributed by atoms with Crippen LogP contribution in [0.4, 0.5) is 0 Å². The summed E-state index contributed by atoms with van der Waals surface area (Å²) in [6.45, 7) is 10.6. The molecule has 2 N–H and O–H groups in total. The lowest BCUT2D eigenvalue weighted by molar-refractivity contribution is 0.0765. The zero-order valence-corrected chi connectivity index (χ0v) is 11.4. The molecule has 0 heterocycles. The zero-order chi connectivity index (χ0) is 12.2. The van der Waals surface area contributed by atoms with Crippen molar-refractivity contribution in [2.45, 2.75) is 59.4 Å². The van der Waals surface area contributed by atoms with Gasteiger partial charge in [-0.2, -0.15) is 0 Å². The SMILES string of the molecule is CCCNC1CCC(C(C)(C)C)CC1CO. The first-order valence-electron chi connectivity index (χ1n) is 6.83. The summed E-state index contributed by atoms with van der Waals surface area (Å²) in [5.41, 5.74) is 0.392. The van der Waals surface area contributed by atoms with Gasteiger partial charge in [0.05, 0.1) is 0 Å². The molecule has 0 aromatic heterocycles. The van der Waals surface area contributed by atoms with Crippen molar-refractivity contribution in [2.75, 3.05) is 13.2 Å². The maximum absolute atomic E-state index is 9.50. The monoisotopic (exact) mass is 227 g/mol. The highest BCUT2D eigenvalue weighted by Crippen LogP contribution is 2.40. The molecule has 3 unspecified atom stereocenters. The van der Waals surface area contributed by atoms with E-state index in [0.29, 0.717) is 24.0 Å². The van der Waals surface area contributed by atoms with E-state index in [0.717, 1.165) is 12.5 Å². The third kappa shape index (κ3) is 3.74. The van der Waals surface area contributed by atoms with Gasteiger partial charge in [0, 0.05) is 12.6 Å². The Balaban J connectivity index is 2.50. The number of aliphatic hydroxyl groups is 1. The van der Waals surface area contributed by atoms with Crippen molar-refractivity contribution in [2.24, 2.45) is 17.3 Å². The van der Waals surface area contributed by atoms with Gasteiger partial charge < -0.3 is 10.4 Å². The molecule has 0 radical (unpaired) electrons. The Morgan fingerprint density at radius 1 is 1.25 bits per heavy atom. The van der Waals surface area contributed by atoms with E-state index in [1.54, 1.807) is 0 Å². The van der Waals surface area contributed by atoms with Crippen LogP contribution in [-0.4, -0.2) is 24.3 Å². The third-order valence-electron chi connectivity index (χ3n) is 4.10. The van der Waals surface area contributed by atoms with E-state index >= 15 is 0 Å². The molecule has 0 aliphatic heterocycles. The second kappa shape index (κ2) is 6.02. The summed E-state index contributed by atoms with van der Waals surface area (Å²) in [7, 11) is 0. The van der Waals surface area contributed by atoms with E-state index in [4.69, 9.17) is 0 Å². The van der Waals surface area contributed by atoms with Gasteiger partial charge in [0.15, 0.2) is 0 Å². The Labute approximate surface area is 101 Å². The summed E-state index contributed by atoms with van der Waals surface area (Å²) in [5.74, 6) is 1.23. The van der Waals surface area contributed by atoms with Gasteiger partial charge in [-0.3, -0.25) is 0 Å². The first-order chi connectivity index (χ1) is 7.49. The minimum absolute atomic E-state index is 0.341. The van der Waals surface area contributed by atoms with Crippen molar-refractivity contribution in [3.63, 3.8) is 0 Å². The van der Waals surface area contributed by atoms with Crippen LogP contribution in [0.25, 0.3) is 0 Å². The van der Waals surface area contributed by atoms with E-state index in [1.165, 1.54) is 25.7 Å². The van der Waals surface area contributed by atoms with Crippen molar-refractivity contribution in [3.05, 3.63) is 0 Å². The van der Waals surface area contributed by atoms with E-state index in [-0.39, 0.29) is 0 Å². The average Bonchev–Trinajstić information content (AvgIpc) is 2.24. The van der Waals surface area contributed by atoms with Crippen LogP contribution < -0.4 is 5.32 Å². The standard InChI is InChI=1S/C14H29NO/c1-5-8-15-13-7-6-12(14(2,3)4)9-11(13)10-16/h11-13,15-16H,5-10H2,1-4H3. The maximum Gasteiger partial charge on any atom is 0.0474 e. The fraction of sp³-hybridized carbons (Fsp3) is 1.00. The molecule has 1 aliphatic rings. The van der Waals surface area contributed by atoms with E-state index in [9.17, 15) is 5.11 Å². The van der Waals surface area contributed by atoms with E-state index in [2.05, 4.69) is 33.0 Å². The summed E-state index contributed by atoms with van der Waals surface area (Å²) >= 11 is 0. The normalized spacial score (nSPS) is 31.7. The van der Waals surface area contributed by atoms with Crippen molar-refractivity contribution in [3.8, 4) is 0 Å². The van der Waals surface area contributed by atoms with Crippen molar-refractivity contribution >= 4 is 0 Å². The van der Waals surface area contributed by atoms with Crippen LogP contribution in [0.5, 0.6) is 0 Å². The van der Waals surface area contributed by atoms with Crippen molar-refractivity contribution < 1.29 is 5.11 Å². The van der Waals surface area contributed by atoms with Crippen molar-refractivity contribution in [1.29, 1.82) is 0 Å². The Kier molecular flexibility index (Phi) is 5.26. The van der Waals surface area contributed by atoms with Gasteiger partial charge >= 0.3 is 0 Å². The third-order valence-corrected chi connectivity index (χ3v) is 4.10. The van der Waals surface area contributed by atoms with Gasteiger partial charge in [-0.05, 0) is 49.5 Å². The summed E-state index contributed by atoms with van der Waals surface area (Å²) in [6.07, 6.45) is 4.90. The Morgan fingerprint density at radius 3 is 2.44 bits per heavy atom. The molecular formula is C14H29NO. The molecule has 0 saturated heterocycles. The first-order valence-corrected chi connectivity index (χ1v) is 6.83. The Hall–Kier alpha value is -0.0800. The molecular weight excluding hydrogens is 198 g/mol. The highest BCUT2D eigenvalue weighted by Gasteiger charge is 2.35. The molecule has 1 saturated carbocycles. The van der Waals surface area contributed by atoms with Gasteiger partial charge in [-0.1, -0.05) is 27.7 Å². The summed E-state index contributed by atoms with van der Waals surface area (Å²) in [6, 6.07) is 0.545. The Morgan fingerprint density at radius 2 is 1.94 bits per heavy atom. The lowest BCUT2D eigenvalue weighted by atomic mass is 9.67. The van der Waals surface area contributed by atoms with Gasteiger partial charge in [-0.25, -0.2) is 0 Å². The lowest BCUT2D eigenvalue weighted by Crippen LogP contribution is -2.44. The van der Waals surface area contributed by atoms with Crippen LogP contribution in [0.3, 0.4) is 0 Å². The van der Waals surface area contributed by atoms with Crippen LogP contribution in [0.2, 0.25) is 0 Å². The lowest BCUT2D eigenvalue weighted by Gasteiger charge is -2.41. The zero-order valence-electron chi connectivity index (χ0n) is 11.4. The van der Waals surface area contributed by atoms with E-state index in [1.807, 2.05) is 0 Å². The van der Waals surface area contributed by atoms with E-state index < -0.39 is 0 Å². The molecule has 1 fully saturated rings. The molecule has 0 amide bonds. The predicted molar refractivity (Wildman–Crippen MR) is 69.5 cm³/mol. The second-order valence-corrected chi connectivity index (χ2v) is 6.38. The number of rotatable bonds is 4. The predicted octanol–water partition coefficient (Wildman–Crippen LogP) is 2.81. The molecule has 1 aliphatic carbocycles. The van der Waals surface area contributed by atoms with Gasteiger partial charge in [0.1, 0.15) is 0 Å². The number of hydrogen-bond donors (Lipinski definition) is 2. The minimum atomic E-state index is 0.341. The average molecular weight is 227 g/mol. The molecule has 0 aromatic carbocycles. The number of aliphatic hydroxyl groups excluding tert-OH is 1. The van der Waals surface area contributed by atoms with Gasteiger partial charge in [-0.15, -0.1) is 0 Å². The van der Waals surface area contributed by atoms with Crippen LogP contribution in [0, 0.1) is 17.3 Å². The molecule has 0 spiro atoms. The largest absolute Gasteiger partial charge is 0.396 e. The van der Waals surface area contributed by atoms with Crippen LogP contribution >= 0.6 is 0 Å². The van der Waals surface area contributed by atoms with Gasteiger partial charge in [0.25, 0.3) is 0 Å². The molecule has 0 aromatic rings. The molecule has 2 nitrogen and oxygen atoms in total. The quantitative estimate of drug-likeness (QED) is 0.774. The van der Waals surface area contributed by atoms with Crippen LogP contribution in [0.1, 0.15) is 53.4 Å². The summed E-state index contributed by atoms with van der Waals surface area (Å²) in [4.78, 5) is 0. The van der Waals surface area contributed by atoms with Crippen molar-refractivity contribution in [1.82, 2.24) is 5.32 Å². The topological polar surface area (TPSA) is 32.3 Å².